The van der Waals surface area contributed by atoms with Gasteiger partial charge in [-0.25, -0.2) is 4.68 Å². The third-order valence-electron chi connectivity index (χ3n) is 4.51. The SMILES string of the molecule is CCN1CCC(CNc2c(Cl)cnn(CC3CC3)c2=O)C1. The molecule has 2 fully saturated rings. The normalized spacial score (nSPS) is 22.7. The van der Waals surface area contributed by atoms with E-state index < -0.39 is 0 Å². The van der Waals surface area contributed by atoms with E-state index in [4.69, 9.17) is 11.6 Å². The Morgan fingerprint density at radius 2 is 2.19 bits per heavy atom. The molecule has 1 aliphatic heterocycles. The second-order valence-corrected chi connectivity index (χ2v) is 6.63. The Kier molecular flexibility index (Phi) is 4.50. The molecule has 2 heterocycles. The minimum Gasteiger partial charge on any atom is -0.379 e. The van der Waals surface area contributed by atoms with E-state index >= 15 is 0 Å². The van der Waals surface area contributed by atoms with E-state index in [0.29, 0.717) is 22.5 Å². The lowest BCUT2D eigenvalue weighted by atomic mass is 10.1. The third kappa shape index (κ3) is 3.58. The van der Waals surface area contributed by atoms with Crippen molar-refractivity contribution in [2.75, 3.05) is 31.5 Å². The van der Waals surface area contributed by atoms with E-state index in [1.165, 1.54) is 19.3 Å². The van der Waals surface area contributed by atoms with Gasteiger partial charge in [-0.3, -0.25) is 4.79 Å². The molecule has 1 aliphatic carbocycles. The smallest absolute Gasteiger partial charge is 0.291 e. The van der Waals surface area contributed by atoms with Gasteiger partial charge in [-0.05, 0) is 44.2 Å². The van der Waals surface area contributed by atoms with E-state index in [1.807, 2.05) is 0 Å². The summed E-state index contributed by atoms with van der Waals surface area (Å²) in [5.41, 5.74) is 0.432. The lowest BCUT2D eigenvalue weighted by Gasteiger charge is -2.15. The lowest BCUT2D eigenvalue weighted by molar-refractivity contribution is 0.345. The van der Waals surface area contributed by atoms with Gasteiger partial charge in [0.2, 0.25) is 0 Å². The highest BCUT2D eigenvalue weighted by Crippen LogP contribution is 2.30. The maximum atomic E-state index is 12.4. The van der Waals surface area contributed by atoms with Gasteiger partial charge in [0.25, 0.3) is 5.56 Å². The largest absolute Gasteiger partial charge is 0.379 e. The van der Waals surface area contributed by atoms with E-state index in [1.54, 1.807) is 10.9 Å². The van der Waals surface area contributed by atoms with Crippen molar-refractivity contribution in [1.29, 1.82) is 0 Å². The summed E-state index contributed by atoms with van der Waals surface area (Å²) in [7, 11) is 0. The molecule has 0 amide bonds. The van der Waals surface area contributed by atoms with Crippen molar-refractivity contribution in [3.8, 4) is 0 Å². The predicted molar refractivity (Wildman–Crippen MR) is 84.9 cm³/mol. The standard InChI is InChI=1S/C15H23ClN4O/c1-2-19-6-5-12(9-19)7-17-14-13(16)8-18-20(15(14)21)10-11-3-4-11/h8,11-12,17H,2-7,9-10H2,1H3. The Hall–Kier alpha value is -1.07. The first kappa shape index (κ1) is 14.9. The molecule has 1 saturated heterocycles. The number of nitrogens with one attached hydrogen (secondary N) is 1. The minimum atomic E-state index is -0.0836. The van der Waals surface area contributed by atoms with Gasteiger partial charge in [-0.2, -0.15) is 5.10 Å². The van der Waals surface area contributed by atoms with Crippen LogP contribution in [0.5, 0.6) is 0 Å². The third-order valence-corrected chi connectivity index (χ3v) is 4.80. The van der Waals surface area contributed by atoms with Crippen molar-refractivity contribution in [3.63, 3.8) is 0 Å². The molecule has 1 aromatic heterocycles. The van der Waals surface area contributed by atoms with Crippen molar-refractivity contribution in [2.45, 2.75) is 32.7 Å². The number of hydrogen-bond acceptors (Lipinski definition) is 4. The Bertz CT molecular complexity index is 555. The van der Waals surface area contributed by atoms with Crippen LogP contribution in [-0.4, -0.2) is 40.9 Å². The average Bonchev–Trinajstić information content (AvgIpc) is 3.18. The zero-order valence-corrected chi connectivity index (χ0v) is 13.3. The lowest BCUT2D eigenvalue weighted by Crippen LogP contribution is -2.29. The molecule has 1 N–H and O–H groups in total. The van der Waals surface area contributed by atoms with Crippen LogP contribution in [0.2, 0.25) is 5.02 Å². The average molecular weight is 311 g/mol. The van der Waals surface area contributed by atoms with Crippen molar-refractivity contribution in [3.05, 3.63) is 21.6 Å². The molecule has 0 aromatic carbocycles. The maximum Gasteiger partial charge on any atom is 0.291 e. The van der Waals surface area contributed by atoms with Crippen molar-refractivity contribution in [1.82, 2.24) is 14.7 Å². The molecule has 0 radical (unpaired) electrons. The van der Waals surface area contributed by atoms with Gasteiger partial charge in [0, 0.05) is 19.6 Å². The molecule has 21 heavy (non-hydrogen) atoms. The molecular weight excluding hydrogens is 288 g/mol. The van der Waals surface area contributed by atoms with Crippen molar-refractivity contribution >= 4 is 17.3 Å². The van der Waals surface area contributed by atoms with Gasteiger partial charge in [0.05, 0.1) is 11.2 Å². The van der Waals surface area contributed by atoms with Crippen LogP contribution in [0.1, 0.15) is 26.2 Å². The van der Waals surface area contributed by atoms with Crippen LogP contribution in [0.3, 0.4) is 0 Å². The number of anilines is 1. The Labute approximate surface area is 130 Å². The topological polar surface area (TPSA) is 50.2 Å². The first-order valence-corrected chi connectivity index (χ1v) is 8.27. The van der Waals surface area contributed by atoms with Gasteiger partial charge in [0.15, 0.2) is 0 Å². The summed E-state index contributed by atoms with van der Waals surface area (Å²) in [6.07, 6.45) is 5.17. The Balaban J connectivity index is 1.65. The molecule has 6 heteroatoms. The monoisotopic (exact) mass is 310 g/mol. The molecule has 116 valence electrons. The van der Waals surface area contributed by atoms with Crippen LogP contribution in [0.25, 0.3) is 0 Å². The zero-order chi connectivity index (χ0) is 14.8. The van der Waals surface area contributed by atoms with E-state index in [-0.39, 0.29) is 5.56 Å². The van der Waals surface area contributed by atoms with Crippen LogP contribution in [0.4, 0.5) is 5.69 Å². The van der Waals surface area contributed by atoms with Gasteiger partial charge in [-0.1, -0.05) is 18.5 Å². The summed E-state index contributed by atoms with van der Waals surface area (Å²) in [6, 6.07) is 0. The molecular formula is C15H23ClN4O. The molecule has 0 bridgehead atoms. The van der Waals surface area contributed by atoms with Crippen LogP contribution < -0.4 is 10.9 Å². The highest BCUT2D eigenvalue weighted by molar-refractivity contribution is 6.32. The van der Waals surface area contributed by atoms with Gasteiger partial charge >= 0.3 is 0 Å². The number of hydrogen-bond donors (Lipinski definition) is 1. The van der Waals surface area contributed by atoms with Crippen LogP contribution >= 0.6 is 11.6 Å². The molecule has 1 saturated carbocycles. The second kappa shape index (κ2) is 6.36. The van der Waals surface area contributed by atoms with Crippen molar-refractivity contribution < 1.29 is 0 Å². The highest BCUT2D eigenvalue weighted by atomic mass is 35.5. The summed E-state index contributed by atoms with van der Waals surface area (Å²) >= 11 is 6.15. The fraction of sp³-hybridized carbons (Fsp3) is 0.733. The molecule has 5 nitrogen and oxygen atoms in total. The number of likely N-dealkylation sites (tertiary alicyclic amines) is 1. The predicted octanol–water partition coefficient (Wildman–Crippen LogP) is 2.06. The van der Waals surface area contributed by atoms with Crippen LogP contribution in [-0.2, 0) is 6.54 Å². The summed E-state index contributed by atoms with van der Waals surface area (Å²) in [6.45, 7) is 7.06. The van der Waals surface area contributed by atoms with Gasteiger partial charge in [-0.15, -0.1) is 0 Å². The van der Waals surface area contributed by atoms with E-state index in [0.717, 1.165) is 32.7 Å². The fourth-order valence-electron chi connectivity index (χ4n) is 2.92. The second-order valence-electron chi connectivity index (χ2n) is 6.23. The van der Waals surface area contributed by atoms with Crippen molar-refractivity contribution in [2.24, 2.45) is 11.8 Å². The number of halogens is 1. The molecule has 1 aromatic rings. The summed E-state index contributed by atoms with van der Waals surface area (Å²) in [5.74, 6) is 1.21. The van der Waals surface area contributed by atoms with E-state index in [2.05, 4.69) is 22.2 Å². The quantitative estimate of drug-likeness (QED) is 0.874. The van der Waals surface area contributed by atoms with Gasteiger partial charge < -0.3 is 10.2 Å². The summed E-state index contributed by atoms with van der Waals surface area (Å²) in [5, 5.41) is 7.85. The summed E-state index contributed by atoms with van der Waals surface area (Å²) < 4.78 is 1.55. The minimum absolute atomic E-state index is 0.0836. The number of nitrogens with zero attached hydrogens (tertiary/aromatic N) is 3. The Morgan fingerprint density at radius 1 is 1.38 bits per heavy atom. The van der Waals surface area contributed by atoms with Crippen LogP contribution in [0, 0.1) is 11.8 Å². The maximum absolute atomic E-state index is 12.4. The molecule has 1 unspecified atom stereocenters. The Morgan fingerprint density at radius 3 is 2.86 bits per heavy atom. The fourth-order valence-corrected chi connectivity index (χ4v) is 3.11. The zero-order valence-electron chi connectivity index (χ0n) is 12.5. The first-order valence-electron chi connectivity index (χ1n) is 7.89. The molecule has 0 spiro atoms. The van der Waals surface area contributed by atoms with Gasteiger partial charge in [0.1, 0.15) is 5.69 Å². The summed E-state index contributed by atoms with van der Waals surface area (Å²) in [4.78, 5) is 14.9. The van der Waals surface area contributed by atoms with E-state index in [9.17, 15) is 4.79 Å². The number of aromatic nitrogens is 2. The number of rotatable bonds is 6. The highest BCUT2D eigenvalue weighted by Gasteiger charge is 2.24. The molecule has 2 aliphatic rings. The van der Waals surface area contributed by atoms with Crippen LogP contribution in [0.15, 0.2) is 11.0 Å². The molecule has 1 atom stereocenters. The first-order chi connectivity index (χ1) is 10.2. The molecule has 3 rings (SSSR count).